The molecule has 5 nitrogen and oxygen atoms in total. The van der Waals surface area contributed by atoms with Gasteiger partial charge in [-0.05, 0) is 30.7 Å². The maximum atomic E-state index is 12.6. The summed E-state index contributed by atoms with van der Waals surface area (Å²) in [7, 11) is -3.50. The fourth-order valence-electron chi connectivity index (χ4n) is 1.89. The molecule has 0 bridgehead atoms. The highest BCUT2D eigenvalue weighted by molar-refractivity contribution is 7.91. The third-order valence-corrected chi connectivity index (χ3v) is 6.67. The first kappa shape index (κ1) is 15.2. The molecule has 0 saturated carbocycles. The van der Waals surface area contributed by atoms with Gasteiger partial charge in [0, 0.05) is 18.0 Å². The second-order valence-electron chi connectivity index (χ2n) is 4.39. The lowest BCUT2D eigenvalue weighted by Gasteiger charge is -2.18. The number of sulfonamides is 1. The van der Waals surface area contributed by atoms with Crippen molar-refractivity contribution >= 4 is 21.4 Å². The van der Waals surface area contributed by atoms with E-state index in [1.165, 1.54) is 21.9 Å². The molecule has 0 amide bonds. The van der Waals surface area contributed by atoms with Crippen LogP contribution in [0.3, 0.4) is 0 Å². The van der Waals surface area contributed by atoms with Crippen molar-refractivity contribution in [3.63, 3.8) is 0 Å². The van der Waals surface area contributed by atoms with Gasteiger partial charge in [-0.1, -0.05) is 6.92 Å². The van der Waals surface area contributed by atoms with Gasteiger partial charge in [0.25, 0.3) is 10.0 Å². The van der Waals surface area contributed by atoms with Crippen molar-refractivity contribution in [2.75, 3.05) is 6.54 Å². The van der Waals surface area contributed by atoms with Crippen LogP contribution in [0.25, 0.3) is 0 Å². The molecule has 2 N–H and O–H groups in total. The van der Waals surface area contributed by atoms with Crippen molar-refractivity contribution < 1.29 is 12.8 Å². The van der Waals surface area contributed by atoms with E-state index in [1.807, 2.05) is 13.8 Å². The Bertz CT molecular complexity index is 660. The largest absolute Gasteiger partial charge is 0.468 e. The molecule has 0 fully saturated rings. The molecular weight excluding hydrogens is 296 g/mol. The second kappa shape index (κ2) is 6.09. The number of furan rings is 1. The monoisotopic (exact) mass is 314 g/mol. The SMILES string of the molecule is CCN(Cc1ccco1)S(=O)(=O)c1cc(C)c(CN)s1. The van der Waals surface area contributed by atoms with Gasteiger partial charge in [0.2, 0.25) is 0 Å². The molecule has 0 aliphatic heterocycles. The first-order valence-electron chi connectivity index (χ1n) is 6.31. The van der Waals surface area contributed by atoms with Crippen LogP contribution in [0, 0.1) is 6.92 Å². The van der Waals surface area contributed by atoms with Crippen molar-refractivity contribution in [3.05, 3.63) is 40.7 Å². The number of hydrogen-bond donors (Lipinski definition) is 1. The molecule has 0 spiro atoms. The minimum Gasteiger partial charge on any atom is -0.468 e. The van der Waals surface area contributed by atoms with Gasteiger partial charge in [-0.2, -0.15) is 4.31 Å². The first-order chi connectivity index (χ1) is 9.48. The fourth-order valence-corrected chi connectivity index (χ4v) is 4.93. The maximum absolute atomic E-state index is 12.6. The summed E-state index contributed by atoms with van der Waals surface area (Å²) in [6.45, 7) is 4.67. The van der Waals surface area contributed by atoms with Gasteiger partial charge in [-0.3, -0.25) is 0 Å². The molecular formula is C13H18N2O3S2. The van der Waals surface area contributed by atoms with Crippen molar-refractivity contribution in [1.82, 2.24) is 4.31 Å². The molecule has 7 heteroatoms. The van der Waals surface area contributed by atoms with E-state index in [1.54, 1.807) is 18.2 Å². The normalized spacial score (nSPS) is 12.2. The number of rotatable bonds is 6. The van der Waals surface area contributed by atoms with Crippen molar-refractivity contribution in [2.45, 2.75) is 31.1 Å². The predicted molar refractivity (Wildman–Crippen MR) is 78.9 cm³/mol. The van der Waals surface area contributed by atoms with Crippen LogP contribution in [-0.4, -0.2) is 19.3 Å². The Morgan fingerprint density at radius 1 is 1.45 bits per heavy atom. The van der Waals surface area contributed by atoms with Crippen LogP contribution in [0.4, 0.5) is 0 Å². The summed E-state index contributed by atoms with van der Waals surface area (Å²) < 4.78 is 32.2. The van der Waals surface area contributed by atoms with Crippen LogP contribution >= 0.6 is 11.3 Å². The van der Waals surface area contributed by atoms with Gasteiger partial charge >= 0.3 is 0 Å². The summed E-state index contributed by atoms with van der Waals surface area (Å²) in [6.07, 6.45) is 1.54. The number of nitrogens with zero attached hydrogens (tertiary/aromatic N) is 1. The van der Waals surface area contributed by atoms with Gasteiger partial charge < -0.3 is 10.2 Å². The molecule has 0 saturated heterocycles. The summed E-state index contributed by atoms with van der Waals surface area (Å²) in [6, 6.07) is 5.20. The lowest BCUT2D eigenvalue weighted by atomic mass is 10.3. The van der Waals surface area contributed by atoms with Gasteiger partial charge in [-0.25, -0.2) is 8.42 Å². The third-order valence-electron chi connectivity index (χ3n) is 3.04. The Morgan fingerprint density at radius 3 is 2.70 bits per heavy atom. The molecule has 20 heavy (non-hydrogen) atoms. The molecule has 2 aromatic rings. The lowest BCUT2D eigenvalue weighted by molar-refractivity contribution is 0.376. The Morgan fingerprint density at radius 2 is 2.20 bits per heavy atom. The zero-order valence-corrected chi connectivity index (χ0v) is 13.1. The second-order valence-corrected chi connectivity index (χ2v) is 7.69. The molecule has 0 aliphatic rings. The molecule has 0 aliphatic carbocycles. The third kappa shape index (κ3) is 2.95. The van der Waals surface area contributed by atoms with Gasteiger partial charge in [0.1, 0.15) is 9.97 Å². The Labute approximate surface area is 123 Å². The topological polar surface area (TPSA) is 76.5 Å². The Balaban J connectivity index is 2.31. The molecule has 0 atom stereocenters. The molecule has 0 aromatic carbocycles. The fraction of sp³-hybridized carbons (Fsp3) is 0.385. The number of aryl methyl sites for hydroxylation is 1. The van der Waals surface area contributed by atoms with E-state index in [2.05, 4.69) is 0 Å². The van der Waals surface area contributed by atoms with Gasteiger partial charge in [0.15, 0.2) is 0 Å². The van der Waals surface area contributed by atoms with Crippen LogP contribution in [0.2, 0.25) is 0 Å². The minimum atomic E-state index is -3.50. The zero-order chi connectivity index (χ0) is 14.8. The minimum absolute atomic E-state index is 0.237. The van der Waals surface area contributed by atoms with Gasteiger partial charge in [0.05, 0.1) is 12.8 Å². The zero-order valence-electron chi connectivity index (χ0n) is 11.5. The number of nitrogens with two attached hydrogens (primary N) is 1. The van der Waals surface area contributed by atoms with E-state index in [0.29, 0.717) is 23.1 Å². The van der Waals surface area contributed by atoms with E-state index in [4.69, 9.17) is 10.2 Å². The quantitative estimate of drug-likeness (QED) is 0.887. The van der Waals surface area contributed by atoms with Crippen LogP contribution in [-0.2, 0) is 23.1 Å². The summed E-state index contributed by atoms with van der Waals surface area (Å²) in [5.74, 6) is 0.628. The average Bonchev–Trinajstić information content (AvgIpc) is 3.04. The summed E-state index contributed by atoms with van der Waals surface area (Å²) in [5.41, 5.74) is 6.53. The smallest absolute Gasteiger partial charge is 0.252 e. The van der Waals surface area contributed by atoms with E-state index < -0.39 is 10.0 Å². The van der Waals surface area contributed by atoms with Crippen molar-refractivity contribution in [3.8, 4) is 0 Å². The average molecular weight is 314 g/mol. The van der Waals surface area contributed by atoms with E-state index in [0.717, 1.165) is 10.4 Å². The summed E-state index contributed by atoms with van der Waals surface area (Å²) in [5, 5.41) is 0. The summed E-state index contributed by atoms with van der Waals surface area (Å²) >= 11 is 1.24. The van der Waals surface area contributed by atoms with Gasteiger partial charge in [-0.15, -0.1) is 11.3 Å². The molecule has 2 aromatic heterocycles. The Hall–Kier alpha value is -1.15. The molecule has 0 unspecified atom stereocenters. The highest BCUT2D eigenvalue weighted by atomic mass is 32.2. The van der Waals surface area contributed by atoms with Crippen LogP contribution in [0.1, 0.15) is 23.1 Å². The Kier molecular flexibility index (Phi) is 4.64. The highest BCUT2D eigenvalue weighted by Crippen LogP contribution is 2.28. The molecule has 0 radical (unpaired) electrons. The first-order valence-corrected chi connectivity index (χ1v) is 8.56. The maximum Gasteiger partial charge on any atom is 0.252 e. The number of thiophene rings is 1. The van der Waals surface area contributed by atoms with Crippen molar-refractivity contribution in [2.24, 2.45) is 5.73 Å². The standard InChI is InChI=1S/C13H18N2O3S2/c1-3-15(9-11-5-4-6-18-11)20(16,17)13-7-10(2)12(8-14)19-13/h4-7H,3,8-9,14H2,1-2H3. The lowest BCUT2D eigenvalue weighted by Crippen LogP contribution is -2.29. The van der Waals surface area contributed by atoms with Crippen molar-refractivity contribution in [1.29, 1.82) is 0 Å². The highest BCUT2D eigenvalue weighted by Gasteiger charge is 2.26. The van der Waals surface area contributed by atoms with E-state index in [9.17, 15) is 8.42 Å². The molecule has 2 rings (SSSR count). The molecule has 110 valence electrons. The predicted octanol–water partition coefficient (Wildman–Crippen LogP) is 2.32. The van der Waals surface area contributed by atoms with E-state index in [-0.39, 0.29) is 6.54 Å². The number of hydrogen-bond acceptors (Lipinski definition) is 5. The van der Waals surface area contributed by atoms with Crippen LogP contribution in [0.15, 0.2) is 33.1 Å². The van der Waals surface area contributed by atoms with Crippen LogP contribution in [0.5, 0.6) is 0 Å². The van der Waals surface area contributed by atoms with E-state index >= 15 is 0 Å². The molecule has 2 heterocycles. The van der Waals surface area contributed by atoms with Crippen LogP contribution < -0.4 is 5.73 Å². The summed E-state index contributed by atoms with van der Waals surface area (Å²) in [4.78, 5) is 0.901.